The Labute approximate surface area is 58.1 Å². The Morgan fingerprint density at radius 2 is 2.50 bits per heavy atom. The molecule has 3 N–H and O–H groups in total. The summed E-state index contributed by atoms with van der Waals surface area (Å²) in [6, 6.07) is 1.54. The molecule has 0 unspecified atom stereocenters. The maximum atomic E-state index is 10.9. The van der Waals surface area contributed by atoms with E-state index in [4.69, 9.17) is 5.73 Å². The summed E-state index contributed by atoms with van der Waals surface area (Å²) < 4.78 is 0.528. The zero-order valence-corrected chi connectivity index (χ0v) is 5.53. The fourth-order valence-electron chi connectivity index (χ4n) is 0.613. The van der Waals surface area contributed by atoms with Gasteiger partial charge in [0, 0.05) is 13.1 Å². The van der Waals surface area contributed by atoms with Crippen molar-refractivity contribution in [1.29, 1.82) is 0 Å². The van der Waals surface area contributed by atoms with E-state index in [-0.39, 0.29) is 5.95 Å². The van der Waals surface area contributed by atoms with Crippen LogP contribution in [-0.4, -0.2) is 12.0 Å². The topological polar surface area (TPSA) is 77.9 Å². The summed E-state index contributed by atoms with van der Waals surface area (Å²) in [6.07, 6.45) is 1.47. The van der Waals surface area contributed by atoms with Gasteiger partial charge in [0.05, 0.1) is 6.20 Å². The monoisotopic (exact) mass is 140 g/mol. The van der Waals surface area contributed by atoms with Gasteiger partial charge in [-0.05, 0) is 0 Å². The highest BCUT2D eigenvalue weighted by atomic mass is 16.5. The largest absolute Gasteiger partial charge is 0.754 e. The minimum absolute atomic E-state index is 0.0492. The van der Waals surface area contributed by atoms with Gasteiger partial charge in [0.15, 0.2) is 5.82 Å². The first-order valence-corrected chi connectivity index (χ1v) is 2.77. The van der Waals surface area contributed by atoms with E-state index in [0.29, 0.717) is 10.5 Å². The molecule has 10 heavy (non-hydrogen) atoms. The van der Waals surface area contributed by atoms with Crippen LogP contribution in [0, 0.1) is 5.21 Å². The van der Waals surface area contributed by atoms with Gasteiger partial charge in [0.1, 0.15) is 0 Å². The summed E-state index contributed by atoms with van der Waals surface area (Å²) in [6.45, 7) is 0. The van der Waals surface area contributed by atoms with E-state index < -0.39 is 0 Å². The SMILES string of the molecule is CNc1ccnc(N)[n+]1[O-]. The molecule has 1 rings (SSSR count). The van der Waals surface area contributed by atoms with Gasteiger partial charge in [-0.1, -0.05) is 0 Å². The number of nitrogens with zero attached hydrogens (tertiary/aromatic N) is 2. The minimum atomic E-state index is -0.0492. The van der Waals surface area contributed by atoms with E-state index >= 15 is 0 Å². The molecule has 0 spiro atoms. The predicted octanol–water partition coefficient (Wildman–Crippen LogP) is -0.661. The first kappa shape index (κ1) is 6.60. The lowest BCUT2D eigenvalue weighted by Crippen LogP contribution is -2.34. The molecule has 5 nitrogen and oxygen atoms in total. The molecule has 0 amide bonds. The van der Waals surface area contributed by atoms with Crippen LogP contribution in [0.2, 0.25) is 0 Å². The van der Waals surface area contributed by atoms with Gasteiger partial charge in [-0.15, -0.1) is 4.98 Å². The number of aromatic nitrogens is 2. The first-order valence-electron chi connectivity index (χ1n) is 2.77. The molecule has 0 aliphatic rings. The van der Waals surface area contributed by atoms with Crippen LogP contribution in [0.4, 0.5) is 11.8 Å². The molecule has 0 fully saturated rings. The van der Waals surface area contributed by atoms with Crippen molar-refractivity contribution >= 4 is 11.8 Å². The van der Waals surface area contributed by atoms with Crippen molar-refractivity contribution in [2.75, 3.05) is 18.1 Å². The van der Waals surface area contributed by atoms with Crippen LogP contribution >= 0.6 is 0 Å². The zero-order valence-electron chi connectivity index (χ0n) is 5.53. The molecular formula is C5H8N4O. The van der Waals surface area contributed by atoms with Crippen LogP contribution in [0.1, 0.15) is 0 Å². The van der Waals surface area contributed by atoms with Crippen LogP contribution in [-0.2, 0) is 0 Å². The highest BCUT2D eigenvalue weighted by Crippen LogP contribution is 1.96. The van der Waals surface area contributed by atoms with E-state index in [0.717, 1.165) is 0 Å². The molecule has 0 aliphatic carbocycles. The van der Waals surface area contributed by atoms with Crippen molar-refractivity contribution in [1.82, 2.24) is 4.98 Å². The third kappa shape index (κ3) is 0.928. The van der Waals surface area contributed by atoms with Gasteiger partial charge in [-0.25, -0.2) is 4.73 Å². The Hall–Kier alpha value is -1.52. The van der Waals surface area contributed by atoms with Gasteiger partial charge in [0.2, 0.25) is 0 Å². The number of nitrogen functional groups attached to an aromatic ring is 1. The quantitative estimate of drug-likeness (QED) is 0.401. The van der Waals surface area contributed by atoms with E-state index in [2.05, 4.69) is 10.3 Å². The molecule has 0 aliphatic heterocycles. The van der Waals surface area contributed by atoms with Crippen molar-refractivity contribution in [3.05, 3.63) is 17.5 Å². The first-order chi connectivity index (χ1) is 4.75. The lowest BCUT2D eigenvalue weighted by atomic mass is 10.6. The Morgan fingerprint density at radius 3 is 3.00 bits per heavy atom. The minimum Gasteiger partial charge on any atom is -0.754 e. The fraction of sp³-hybridized carbons (Fsp3) is 0.200. The van der Waals surface area contributed by atoms with Gasteiger partial charge in [-0.2, -0.15) is 0 Å². The second-order valence-electron chi connectivity index (χ2n) is 1.73. The average Bonchev–Trinajstić information content (AvgIpc) is 1.95. The van der Waals surface area contributed by atoms with Gasteiger partial charge in [-0.3, -0.25) is 0 Å². The molecule has 0 saturated carbocycles. The second kappa shape index (κ2) is 2.38. The van der Waals surface area contributed by atoms with Crippen LogP contribution in [0.3, 0.4) is 0 Å². The number of hydrogen-bond donors (Lipinski definition) is 2. The van der Waals surface area contributed by atoms with Crippen molar-refractivity contribution < 1.29 is 4.73 Å². The molecular weight excluding hydrogens is 132 g/mol. The number of nitrogens with two attached hydrogens (primary N) is 1. The Morgan fingerprint density at radius 1 is 1.80 bits per heavy atom. The van der Waals surface area contributed by atoms with Gasteiger partial charge >= 0.3 is 5.95 Å². The number of hydrogen-bond acceptors (Lipinski definition) is 4. The fourth-order valence-corrected chi connectivity index (χ4v) is 0.613. The van der Waals surface area contributed by atoms with Crippen molar-refractivity contribution in [2.24, 2.45) is 0 Å². The van der Waals surface area contributed by atoms with E-state index in [1.165, 1.54) is 6.20 Å². The van der Waals surface area contributed by atoms with Crippen LogP contribution in [0.5, 0.6) is 0 Å². The molecule has 1 aromatic rings. The molecule has 0 atom stereocenters. The van der Waals surface area contributed by atoms with E-state index in [9.17, 15) is 5.21 Å². The van der Waals surface area contributed by atoms with Gasteiger partial charge < -0.3 is 16.3 Å². The molecule has 54 valence electrons. The van der Waals surface area contributed by atoms with Crippen LogP contribution < -0.4 is 15.8 Å². The van der Waals surface area contributed by atoms with Gasteiger partial charge in [0.25, 0.3) is 0 Å². The Kier molecular flexibility index (Phi) is 1.57. The second-order valence-corrected chi connectivity index (χ2v) is 1.73. The molecule has 0 bridgehead atoms. The third-order valence-corrected chi connectivity index (χ3v) is 1.12. The van der Waals surface area contributed by atoms with Crippen LogP contribution in [0.15, 0.2) is 12.3 Å². The lowest BCUT2D eigenvalue weighted by Gasteiger charge is -2.09. The smallest absolute Gasteiger partial charge is 0.343 e. The lowest BCUT2D eigenvalue weighted by molar-refractivity contribution is -0.577. The Balaban J connectivity index is 3.14. The van der Waals surface area contributed by atoms with E-state index in [1.54, 1.807) is 13.1 Å². The maximum absolute atomic E-state index is 10.9. The summed E-state index contributed by atoms with van der Waals surface area (Å²) in [4.78, 5) is 3.58. The maximum Gasteiger partial charge on any atom is 0.343 e. The number of anilines is 2. The van der Waals surface area contributed by atoms with Crippen molar-refractivity contribution in [2.45, 2.75) is 0 Å². The van der Waals surface area contributed by atoms with Crippen molar-refractivity contribution in [3.63, 3.8) is 0 Å². The third-order valence-electron chi connectivity index (χ3n) is 1.12. The highest BCUT2D eigenvalue weighted by molar-refractivity contribution is 5.28. The summed E-state index contributed by atoms with van der Waals surface area (Å²) in [5.74, 6) is 0.347. The molecule has 0 radical (unpaired) electrons. The van der Waals surface area contributed by atoms with Crippen molar-refractivity contribution in [3.8, 4) is 0 Å². The molecule has 5 heteroatoms. The molecule has 0 aromatic carbocycles. The predicted molar refractivity (Wildman–Crippen MR) is 37.2 cm³/mol. The summed E-state index contributed by atoms with van der Waals surface area (Å²) in [5, 5.41) is 13.5. The standard InChI is InChI=1S/C5H8N4O/c1-7-4-2-3-8-5(6)9(4)10/h2-3,7H,1H3,(H2,6,8). The highest BCUT2D eigenvalue weighted by Gasteiger charge is 1.99. The summed E-state index contributed by atoms with van der Waals surface area (Å²) in [5.41, 5.74) is 5.20. The zero-order chi connectivity index (χ0) is 7.56. The molecule has 1 aromatic heterocycles. The summed E-state index contributed by atoms with van der Waals surface area (Å²) >= 11 is 0. The molecule has 0 saturated heterocycles. The number of rotatable bonds is 1. The summed E-state index contributed by atoms with van der Waals surface area (Å²) in [7, 11) is 1.64. The normalized spacial score (nSPS) is 9.30. The van der Waals surface area contributed by atoms with E-state index in [1.807, 2.05) is 0 Å². The Bertz CT molecular complexity index is 237. The average molecular weight is 140 g/mol. The van der Waals surface area contributed by atoms with Crippen LogP contribution in [0.25, 0.3) is 0 Å². The number of nitrogens with one attached hydrogen (secondary N) is 1. The molecule has 1 heterocycles.